The van der Waals surface area contributed by atoms with E-state index in [9.17, 15) is 23.2 Å². The minimum atomic E-state index is -3.20. The zero-order chi connectivity index (χ0) is 24.5. The Labute approximate surface area is 200 Å². The molecule has 1 heterocycles. The van der Waals surface area contributed by atoms with E-state index in [0.717, 1.165) is 22.3 Å². The van der Waals surface area contributed by atoms with Gasteiger partial charge in [0.15, 0.2) is 0 Å². The molecule has 1 saturated heterocycles. The van der Waals surface area contributed by atoms with Crippen LogP contribution < -0.4 is 5.32 Å². The van der Waals surface area contributed by atoms with Crippen LogP contribution in [0.25, 0.3) is 11.1 Å². The number of benzene rings is 2. The normalized spacial score (nSPS) is 29.1. The molecule has 2 saturated carbocycles. The van der Waals surface area contributed by atoms with Gasteiger partial charge in [-0.1, -0.05) is 48.5 Å². The fraction of sp³-hybridized carbons (Fsp3) is 0.423. The van der Waals surface area contributed by atoms with Gasteiger partial charge in [0.1, 0.15) is 12.5 Å². The molecule has 0 radical (unpaired) electrons. The van der Waals surface area contributed by atoms with Crippen molar-refractivity contribution in [3.63, 3.8) is 0 Å². The smallest absolute Gasteiger partial charge is 0.407 e. The van der Waals surface area contributed by atoms with E-state index < -0.39 is 41.6 Å². The summed E-state index contributed by atoms with van der Waals surface area (Å²) in [4.78, 5) is 37.4. The van der Waals surface area contributed by atoms with Crippen molar-refractivity contribution in [2.24, 2.45) is 29.6 Å². The number of nitrogens with zero attached hydrogens (tertiary/aromatic N) is 1. The number of halogens is 2. The topological polar surface area (TPSA) is 95.9 Å². The molecule has 6 rings (SSSR count). The fourth-order valence-electron chi connectivity index (χ4n) is 6.09. The summed E-state index contributed by atoms with van der Waals surface area (Å²) >= 11 is 0. The lowest BCUT2D eigenvalue weighted by Gasteiger charge is -2.19. The number of rotatable bonds is 6. The minimum absolute atomic E-state index is 0.0740. The first-order valence-corrected chi connectivity index (χ1v) is 11.8. The number of carbonyl (C=O) groups excluding carboxylic acids is 2. The molecule has 9 heteroatoms. The fourth-order valence-corrected chi connectivity index (χ4v) is 6.09. The molecule has 1 aliphatic heterocycles. The number of carbonyl (C=O) groups is 3. The highest BCUT2D eigenvalue weighted by atomic mass is 19.3. The van der Waals surface area contributed by atoms with Crippen LogP contribution in [0.4, 0.5) is 13.6 Å². The molecule has 2 N–H and O–H groups in total. The summed E-state index contributed by atoms with van der Waals surface area (Å²) < 4.78 is 34.1. The van der Waals surface area contributed by atoms with E-state index in [1.54, 1.807) is 0 Å². The standard InChI is InChI=1S/C26H24F2N2O5/c27-26(28)20(22(26)23(31)30-10-17-18(11-30)21(17)24(32)33)9-29-25(34)35-12-19-15-7-3-1-5-13(15)14-6-2-4-8-16(14)19/h1-8,17-22H,9-12H2,(H,29,34)(H,32,33)/t17-,18+,20-,21?,22-/m0/s1. The Morgan fingerprint density at radius 2 is 1.57 bits per heavy atom. The maximum absolute atomic E-state index is 14.4. The predicted octanol–water partition coefficient (Wildman–Crippen LogP) is 3.20. The minimum Gasteiger partial charge on any atom is -0.481 e. The third-order valence-electron chi connectivity index (χ3n) is 8.07. The van der Waals surface area contributed by atoms with Gasteiger partial charge in [-0.3, -0.25) is 9.59 Å². The van der Waals surface area contributed by atoms with Crippen molar-refractivity contribution in [2.45, 2.75) is 11.8 Å². The number of fused-ring (bicyclic) bond motifs is 4. The first-order chi connectivity index (χ1) is 16.8. The largest absolute Gasteiger partial charge is 0.481 e. The molecule has 3 fully saturated rings. The quantitative estimate of drug-likeness (QED) is 0.660. The van der Waals surface area contributed by atoms with Crippen LogP contribution >= 0.6 is 0 Å². The molecule has 1 unspecified atom stereocenters. The Morgan fingerprint density at radius 1 is 1.00 bits per heavy atom. The number of nitrogens with one attached hydrogen (secondary N) is 1. The van der Waals surface area contributed by atoms with Crippen LogP contribution in [0, 0.1) is 29.6 Å². The summed E-state index contributed by atoms with van der Waals surface area (Å²) in [6, 6.07) is 15.8. The van der Waals surface area contributed by atoms with Gasteiger partial charge in [0.2, 0.25) is 5.91 Å². The third kappa shape index (κ3) is 3.47. The van der Waals surface area contributed by atoms with Crippen molar-refractivity contribution < 1.29 is 33.0 Å². The number of alkyl carbamates (subject to hydrolysis) is 1. The van der Waals surface area contributed by atoms with E-state index in [1.807, 2.05) is 48.5 Å². The van der Waals surface area contributed by atoms with Crippen LogP contribution in [0.1, 0.15) is 17.0 Å². The Hall–Kier alpha value is -3.49. The average Bonchev–Trinajstić information content (AvgIpc) is 3.51. The van der Waals surface area contributed by atoms with E-state index in [0.29, 0.717) is 0 Å². The second kappa shape index (κ2) is 7.76. The Morgan fingerprint density at radius 3 is 2.14 bits per heavy atom. The maximum Gasteiger partial charge on any atom is 0.407 e. The number of likely N-dealkylation sites (tertiary alicyclic amines) is 1. The highest BCUT2D eigenvalue weighted by molar-refractivity contribution is 5.85. The average molecular weight is 482 g/mol. The molecular formula is C26H24F2N2O5. The molecule has 3 aliphatic carbocycles. The predicted molar refractivity (Wildman–Crippen MR) is 120 cm³/mol. The number of ether oxygens (including phenoxy) is 1. The van der Waals surface area contributed by atoms with Gasteiger partial charge in [-0.15, -0.1) is 0 Å². The summed E-state index contributed by atoms with van der Waals surface area (Å²) in [7, 11) is 0. The van der Waals surface area contributed by atoms with Crippen LogP contribution in [-0.2, 0) is 14.3 Å². The maximum atomic E-state index is 14.4. The van der Waals surface area contributed by atoms with Gasteiger partial charge in [-0.25, -0.2) is 13.6 Å². The van der Waals surface area contributed by atoms with E-state index in [2.05, 4.69) is 5.32 Å². The second-order valence-electron chi connectivity index (χ2n) is 9.90. The molecule has 0 aromatic heterocycles. The van der Waals surface area contributed by atoms with Gasteiger partial charge in [0, 0.05) is 25.6 Å². The lowest BCUT2D eigenvalue weighted by molar-refractivity contribution is -0.141. The van der Waals surface area contributed by atoms with Crippen molar-refractivity contribution in [1.29, 1.82) is 0 Å². The Balaban J connectivity index is 1.02. The summed E-state index contributed by atoms with van der Waals surface area (Å²) in [6.07, 6.45) is -0.799. The van der Waals surface area contributed by atoms with Crippen molar-refractivity contribution >= 4 is 18.0 Å². The van der Waals surface area contributed by atoms with Gasteiger partial charge in [-0.05, 0) is 34.1 Å². The van der Waals surface area contributed by atoms with Crippen LogP contribution in [-0.4, -0.2) is 60.1 Å². The van der Waals surface area contributed by atoms with E-state index >= 15 is 0 Å². The summed E-state index contributed by atoms with van der Waals surface area (Å²) in [5.41, 5.74) is 4.28. The number of carboxylic acid groups (broad SMARTS) is 1. The molecule has 2 aromatic carbocycles. The van der Waals surface area contributed by atoms with Gasteiger partial charge in [0.25, 0.3) is 5.92 Å². The Bertz CT molecular complexity index is 1180. The SMILES string of the molecule is O=C(NC[C@H]1[C@@H](C(=O)N2C[C@@H]3C(C(=O)O)[C@@H]3C2)C1(F)F)OCC1c2ccccc2-c2ccccc21. The molecular weight excluding hydrogens is 458 g/mol. The zero-order valence-corrected chi connectivity index (χ0v) is 18.7. The van der Waals surface area contributed by atoms with Gasteiger partial charge in [-0.2, -0.15) is 0 Å². The number of piperidine rings is 1. The van der Waals surface area contributed by atoms with Crippen molar-refractivity contribution in [1.82, 2.24) is 10.2 Å². The van der Waals surface area contributed by atoms with Crippen LogP contribution in [0.2, 0.25) is 0 Å². The molecule has 35 heavy (non-hydrogen) atoms. The number of amides is 2. The highest BCUT2D eigenvalue weighted by Gasteiger charge is 2.73. The highest BCUT2D eigenvalue weighted by Crippen LogP contribution is 2.58. The van der Waals surface area contributed by atoms with Crippen LogP contribution in [0.3, 0.4) is 0 Å². The Kier molecular flexibility index (Phi) is 4.88. The van der Waals surface area contributed by atoms with Crippen molar-refractivity contribution in [2.75, 3.05) is 26.2 Å². The number of hydrogen-bond acceptors (Lipinski definition) is 4. The molecule has 2 aromatic rings. The molecule has 4 aliphatic rings. The lowest BCUT2D eigenvalue weighted by atomic mass is 9.98. The summed E-state index contributed by atoms with van der Waals surface area (Å²) in [5.74, 6) is -8.42. The molecule has 0 spiro atoms. The molecule has 5 atom stereocenters. The number of carboxylic acids is 1. The second-order valence-corrected chi connectivity index (χ2v) is 9.90. The molecule has 2 amide bonds. The van der Waals surface area contributed by atoms with E-state index in [1.165, 1.54) is 4.90 Å². The molecule has 182 valence electrons. The number of aliphatic carboxylic acids is 1. The van der Waals surface area contributed by atoms with Crippen LogP contribution in [0.15, 0.2) is 48.5 Å². The first-order valence-electron chi connectivity index (χ1n) is 11.8. The van der Waals surface area contributed by atoms with E-state index in [-0.39, 0.29) is 44.0 Å². The van der Waals surface area contributed by atoms with Crippen molar-refractivity contribution in [3.05, 3.63) is 59.7 Å². The number of hydrogen-bond donors (Lipinski definition) is 2. The summed E-state index contributed by atoms with van der Waals surface area (Å²) in [5, 5.41) is 11.5. The van der Waals surface area contributed by atoms with Crippen LogP contribution in [0.5, 0.6) is 0 Å². The lowest BCUT2D eigenvalue weighted by Crippen LogP contribution is -2.35. The van der Waals surface area contributed by atoms with Crippen molar-refractivity contribution in [3.8, 4) is 11.1 Å². The first kappa shape index (κ1) is 22.0. The number of alkyl halides is 2. The zero-order valence-electron chi connectivity index (χ0n) is 18.7. The molecule has 7 nitrogen and oxygen atoms in total. The third-order valence-corrected chi connectivity index (χ3v) is 8.07. The van der Waals surface area contributed by atoms with Gasteiger partial charge >= 0.3 is 12.1 Å². The molecule has 0 bridgehead atoms. The van der Waals surface area contributed by atoms with E-state index in [4.69, 9.17) is 9.84 Å². The monoisotopic (exact) mass is 482 g/mol. The summed E-state index contributed by atoms with van der Waals surface area (Å²) in [6.45, 7) is 0.127. The van der Waals surface area contributed by atoms with Gasteiger partial charge < -0.3 is 20.1 Å². The van der Waals surface area contributed by atoms with Gasteiger partial charge in [0.05, 0.1) is 11.8 Å².